The van der Waals surface area contributed by atoms with Gasteiger partial charge in [-0.25, -0.2) is 9.29 Å². The van der Waals surface area contributed by atoms with Gasteiger partial charge in [-0.15, -0.1) is 11.8 Å². The number of nitrogens with zero attached hydrogens (tertiary/aromatic N) is 1. The number of rotatable bonds is 6. The smallest absolute Gasteiger partial charge is 0.247 e. The number of imide groups is 1. The average Bonchev–Trinajstić information content (AvgIpc) is 2.95. The molecule has 27 heavy (non-hydrogen) atoms. The summed E-state index contributed by atoms with van der Waals surface area (Å²) in [5.74, 6) is -0.970. The summed E-state index contributed by atoms with van der Waals surface area (Å²) < 4.78 is 18.2. The maximum atomic E-state index is 13.0. The van der Waals surface area contributed by atoms with Gasteiger partial charge >= 0.3 is 0 Å². The molecule has 1 N–H and O–H groups in total. The number of anilines is 2. The molecule has 0 aromatic heterocycles. The van der Waals surface area contributed by atoms with Gasteiger partial charge in [0.15, 0.2) is 0 Å². The van der Waals surface area contributed by atoms with Crippen LogP contribution in [0.1, 0.15) is 6.42 Å². The number of amides is 3. The van der Waals surface area contributed by atoms with Gasteiger partial charge in [0.1, 0.15) is 11.6 Å². The van der Waals surface area contributed by atoms with Crippen molar-refractivity contribution in [3.05, 3.63) is 54.3 Å². The lowest BCUT2D eigenvalue weighted by molar-refractivity contribution is -0.121. The predicted octanol–water partition coefficient (Wildman–Crippen LogP) is 2.84. The van der Waals surface area contributed by atoms with Gasteiger partial charge < -0.3 is 10.1 Å². The summed E-state index contributed by atoms with van der Waals surface area (Å²) in [4.78, 5) is 37.9. The normalized spacial score (nSPS) is 16.5. The zero-order valence-electron chi connectivity index (χ0n) is 14.5. The monoisotopic (exact) mass is 388 g/mol. The van der Waals surface area contributed by atoms with E-state index in [2.05, 4.69) is 5.32 Å². The van der Waals surface area contributed by atoms with Crippen LogP contribution in [0.5, 0.6) is 5.75 Å². The second kappa shape index (κ2) is 8.22. The minimum Gasteiger partial charge on any atom is -0.495 e. The number of ether oxygens (including phenoxy) is 1. The second-order valence-corrected chi connectivity index (χ2v) is 6.99. The Kier molecular flexibility index (Phi) is 5.75. The molecule has 6 nitrogen and oxygen atoms in total. The Morgan fingerprint density at radius 1 is 1.22 bits per heavy atom. The second-order valence-electron chi connectivity index (χ2n) is 5.80. The van der Waals surface area contributed by atoms with Gasteiger partial charge in [0.05, 0.1) is 29.5 Å². The summed E-state index contributed by atoms with van der Waals surface area (Å²) in [6, 6.07) is 12.1. The highest BCUT2D eigenvalue weighted by atomic mass is 32.2. The van der Waals surface area contributed by atoms with Gasteiger partial charge in [-0.2, -0.15) is 0 Å². The van der Waals surface area contributed by atoms with E-state index in [1.54, 1.807) is 24.3 Å². The summed E-state index contributed by atoms with van der Waals surface area (Å²) in [5.41, 5.74) is 0.861. The van der Waals surface area contributed by atoms with Crippen molar-refractivity contribution in [2.45, 2.75) is 11.7 Å². The zero-order valence-corrected chi connectivity index (χ0v) is 15.3. The third-order valence-corrected chi connectivity index (χ3v) is 5.19. The van der Waals surface area contributed by atoms with Gasteiger partial charge in [0.2, 0.25) is 17.7 Å². The van der Waals surface area contributed by atoms with Crippen LogP contribution in [0.3, 0.4) is 0 Å². The van der Waals surface area contributed by atoms with Crippen molar-refractivity contribution in [2.75, 3.05) is 23.1 Å². The summed E-state index contributed by atoms with van der Waals surface area (Å²) in [7, 11) is 1.51. The van der Waals surface area contributed by atoms with Crippen LogP contribution >= 0.6 is 11.8 Å². The number of carbonyl (C=O) groups is 3. The van der Waals surface area contributed by atoms with E-state index in [0.29, 0.717) is 17.1 Å². The first kappa shape index (κ1) is 18.9. The number of para-hydroxylation sites is 2. The maximum Gasteiger partial charge on any atom is 0.247 e. The number of hydrogen-bond acceptors (Lipinski definition) is 5. The third kappa shape index (κ3) is 4.28. The molecule has 1 fully saturated rings. The summed E-state index contributed by atoms with van der Waals surface area (Å²) in [6.45, 7) is 0. The largest absolute Gasteiger partial charge is 0.495 e. The number of nitrogens with one attached hydrogen (secondary N) is 1. The highest BCUT2D eigenvalue weighted by Gasteiger charge is 2.40. The molecule has 1 atom stereocenters. The molecule has 1 heterocycles. The van der Waals surface area contributed by atoms with Crippen molar-refractivity contribution < 1.29 is 23.5 Å². The average molecular weight is 388 g/mol. The Hall–Kier alpha value is -2.87. The van der Waals surface area contributed by atoms with Crippen LogP contribution in [0.4, 0.5) is 15.8 Å². The molecule has 1 aliphatic rings. The minimum absolute atomic E-state index is 0.00279. The third-order valence-electron chi connectivity index (χ3n) is 3.99. The molecule has 0 bridgehead atoms. The topological polar surface area (TPSA) is 75.7 Å². The summed E-state index contributed by atoms with van der Waals surface area (Å²) in [5, 5.41) is 2.08. The highest BCUT2D eigenvalue weighted by Crippen LogP contribution is 2.30. The molecule has 1 aliphatic heterocycles. The van der Waals surface area contributed by atoms with Crippen molar-refractivity contribution >= 4 is 40.9 Å². The maximum absolute atomic E-state index is 13.0. The molecule has 8 heteroatoms. The molecule has 0 radical (unpaired) electrons. The Balaban J connectivity index is 1.60. The van der Waals surface area contributed by atoms with E-state index in [4.69, 9.17) is 4.74 Å². The Morgan fingerprint density at radius 3 is 2.63 bits per heavy atom. The van der Waals surface area contributed by atoms with Crippen molar-refractivity contribution in [3.8, 4) is 5.75 Å². The quantitative estimate of drug-likeness (QED) is 0.770. The first-order chi connectivity index (χ1) is 13.0. The van der Waals surface area contributed by atoms with Crippen LogP contribution in [0.2, 0.25) is 0 Å². The van der Waals surface area contributed by atoms with Crippen LogP contribution in [0.15, 0.2) is 48.5 Å². The lowest BCUT2D eigenvalue weighted by atomic mass is 10.3. The fourth-order valence-corrected chi connectivity index (χ4v) is 3.64. The first-order valence-corrected chi connectivity index (χ1v) is 9.21. The van der Waals surface area contributed by atoms with E-state index in [9.17, 15) is 18.8 Å². The van der Waals surface area contributed by atoms with Crippen molar-refractivity contribution in [2.24, 2.45) is 0 Å². The van der Waals surface area contributed by atoms with Crippen molar-refractivity contribution in [1.29, 1.82) is 0 Å². The predicted molar refractivity (Wildman–Crippen MR) is 101 cm³/mol. The van der Waals surface area contributed by atoms with Gasteiger partial charge in [-0.05, 0) is 36.4 Å². The minimum atomic E-state index is -0.647. The molecule has 2 aromatic carbocycles. The van der Waals surface area contributed by atoms with Gasteiger partial charge in [-0.3, -0.25) is 14.4 Å². The first-order valence-electron chi connectivity index (χ1n) is 8.16. The number of thioether (sulfide) groups is 1. The molecule has 2 aromatic rings. The van der Waals surface area contributed by atoms with Crippen LogP contribution < -0.4 is 15.0 Å². The lowest BCUT2D eigenvalue weighted by Crippen LogP contribution is -2.31. The number of halogens is 1. The molecular weight excluding hydrogens is 371 g/mol. The molecular formula is C19H17FN2O4S. The van der Waals surface area contributed by atoms with Crippen LogP contribution in [0.25, 0.3) is 0 Å². The van der Waals surface area contributed by atoms with E-state index < -0.39 is 17.0 Å². The zero-order chi connectivity index (χ0) is 19.4. The lowest BCUT2D eigenvalue weighted by Gasteiger charge is -2.15. The number of hydrogen-bond donors (Lipinski definition) is 1. The number of benzene rings is 2. The molecule has 0 saturated carbocycles. The Bertz CT molecular complexity index is 872. The molecule has 1 unspecified atom stereocenters. The van der Waals surface area contributed by atoms with Crippen molar-refractivity contribution in [3.63, 3.8) is 0 Å². The standard InChI is InChI=1S/C19H17FN2O4S/c1-26-15-5-3-2-4-14(15)21-17(23)11-27-16-10-18(24)22(19(16)25)13-8-6-12(20)7-9-13/h2-9,16H,10-11H2,1H3,(H,21,23). The van der Waals surface area contributed by atoms with Gasteiger partial charge in [-0.1, -0.05) is 12.1 Å². The Labute approximate surface area is 159 Å². The fourth-order valence-electron chi connectivity index (χ4n) is 2.71. The summed E-state index contributed by atoms with van der Waals surface area (Å²) in [6.07, 6.45) is 0.00279. The highest BCUT2D eigenvalue weighted by molar-refractivity contribution is 8.01. The number of methoxy groups -OCH3 is 1. The summed E-state index contributed by atoms with van der Waals surface area (Å²) >= 11 is 1.10. The van der Waals surface area contributed by atoms with Crippen LogP contribution in [-0.4, -0.2) is 35.8 Å². The molecule has 0 spiro atoms. The fraction of sp³-hybridized carbons (Fsp3) is 0.211. The molecule has 0 aliphatic carbocycles. The van der Waals surface area contributed by atoms with Crippen LogP contribution in [-0.2, 0) is 14.4 Å². The van der Waals surface area contributed by atoms with E-state index in [-0.39, 0.29) is 24.0 Å². The van der Waals surface area contributed by atoms with Gasteiger partial charge in [0, 0.05) is 6.42 Å². The van der Waals surface area contributed by atoms with Crippen LogP contribution in [0, 0.1) is 5.82 Å². The molecule has 3 amide bonds. The SMILES string of the molecule is COc1ccccc1NC(=O)CSC1CC(=O)N(c2ccc(F)cc2)C1=O. The van der Waals surface area contributed by atoms with E-state index in [1.807, 2.05) is 0 Å². The van der Waals surface area contributed by atoms with E-state index in [0.717, 1.165) is 16.7 Å². The molecule has 1 saturated heterocycles. The van der Waals surface area contributed by atoms with Crippen molar-refractivity contribution in [1.82, 2.24) is 0 Å². The Morgan fingerprint density at radius 2 is 1.93 bits per heavy atom. The molecule has 140 valence electrons. The van der Waals surface area contributed by atoms with Gasteiger partial charge in [0.25, 0.3) is 0 Å². The van der Waals surface area contributed by atoms with E-state index in [1.165, 1.54) is 31.4 Å². The van der Waals surface area contributed by atoms with E-state index >= 15 is 0 Å². The number of carbonyl (C=O) groups excluding carboxylic acids is 3. The molecule has 3 rings (SSSR count).